The first-order valence-corrected chi connectivity index (χ1v) is 11.5. The van der Waals surface area contributed by atoms with Crippen LogP contribution in [-0.2, 0) is 0 Å². The summed E-state index contributed by atoms with van der Waals surface area (Å²) in [4.78, 5) is 24.4. The predicted molar refractivity (Wildman–Crippen MR) is 127 cm³/mol. The van der Waals surface area contributed by atoms with Crippen molar-refractivity contribution in [1.29, 1.82) is 0 Å². The first kappa shape index (κ1) is 21.2. The highest BCUT2D eigenvalue weighted by Gasteiger charge is 2.44. The molecule has 0 aliphatic carbocycles. The molecule has 1 aromatic heterocycles. The van der Waals surface area contributed by atoms with Crippen LogP contribution in [0.5, 0.6) is 5.75 Å². The molecule has 1 saturated heterocycles. The second kappa shape index (κ2) is 8.05. The Labute approximate surface area is 197 Å². The van der Waals surface area contributed by atoms with Gasteiger partial charge in [-0.25, -0.2) is 9.97 Å². The number of ether oxygens (including phenoxy) is 1. The molecule has 1 fully saturated rings. The van der Waals surface area contributed by atoms with E-state index in [9.17, 15) is 4.79 Å². The van der Waals surface area contributed by atoms with Gasteiger partial charge in [-0.1, -0.05) is 53.0 Å². The molecule has 164 valence electrons. The van der Waals surface area contributed by atoms with Crippen LogP contribution >= 0.6 is 23.2 Å². The number of carbonyl (C=O) groups excluding carboxylic acids is 1. The zero-order valence-corrected chi connectivity index (χ0v) is 19.5. The van der Waals surface area contributed by atoms with Crippen molar-refractivity contribution in [3.8, 4) is 17.0 Å². The van der Waals surface area contributed by atoms with Crippen LogP contribution in [-0.4, -0.2) is 34.4 Å². The molecular formula is C25H23Cl2N3O2. The SMILES string of the molecule is Cc1ccc(-c2cc(N3CCC4(CC3)CC(=O)c3cc(Cl)cc(Cl)c3O4)nc(C)n2)cc1. The van der Waals surface area contributed by atoms with Gasteiger partial charge >= 0.3 is 0 Å². The third kappa shape index (κ3) is 3.96. The summed E-state index contributed by atoms with van der Waals surface area (Å²) in [6.07, 6.45) is 1.75. The number of fused-ring (bicyclic) bond motifs is 1. The van der Waals surface area contributed by atoms with Gasteiger partial charge in [0.15, 0.2) is 5.78 Å². The molecule has 2 aliphatic rings. The van der Waals surface area contributed by atoms with Gasteiger partial charge in [0, 0.05) is 42.6 Å². The molecule has 3 aromatic rings. The Morgan fingerprint density at radius 1 is 1.00 bits per heavy atom. The zero-order valence-electron chi connectivity index (χ0n) is 18.0. The molecule has 0 unspecified atom stereocenters. The van der Waals surface area contributed by atoms with E-state index in [0.29, 0.717) is 40.6 Å². The van der Waals surface area contributed by atoms with Gasteiger partial charge in [-0.05, 0) is 26.0 Å². The Bertz CT molecular complexity index is 1200. The van der Waals surface area contributed by atoms with Gasteiger partial charge in [0.25, 0.3) is 0 Å². The van der Waals surface area contributed by atoms with E-state index in [4.69, 9.17) is 27.9 Å². The molecular weight excluding hydrogens is 445 g/mol. The maximum Gasteiger partial charge on any atom is 0.170 e. The minimum Gasteiger partial charge on any atom is -0.484 e. The third-order valence-corrected chi connectivity index (χ3v) is 6.78. The van der Waals surface area contributed by atoms with Gasteiger partial charge in [-0.15, -0.1) is 0 Å². The lowest BCUT2D eigenvalue weighted by Crippen LogP contribution is -2.51. The number of piperidine rings is 1. The number of rotatable bonds is 2. The molecule has 2 aliphatic heterocycles. The van der Waals surface area contributed by atoms with Crippen molar-refractivity contribution in [3.63, 3.8) is 0 Å². The van der Waals surface area contributed by atoms with Crippen LogP contribution in [0.1, 0.15) is 41.0 Å². The van der Waals surface area contributed by atoms with Crippen LogP contribution in [0.4, 0.5) is 5.82 Å². The van der Waals surface area contributed by atoms with Crippen LogP contribution in [0, 0.1) is 13.8 Å². The lowest BCUT2D eigenvalue weighted by atomic mass is 9.82. The smallest absolute Gasteiger partial charge is 0.170 e. The van der Waals surface area contributed by atoms with E-state index in [-0.39, 0.29) is 5.78 Å². The van der Waals surface area contributed by atoms with E-state index in [0.717, 1.165) is 36.0 Å². The van der Waals surface area contributed by atoms with Crippen LogP contribution in [0.2, 0.25) is 10.0 Å². The van der Waals surface area contributed by atoms with Crippen LogP contribution in [0.25, 0.3) is 11.3 Å². The second-order valence-electron chi connectivity index (χ2n) is 8.66. The summed E-state index contributed by atoms with van der Waals surface area (Å²) in [5, 5.41) is 0.830. The standard InChI is InChI=1S/C25H23Cl2N3O2/c1-15-3-5-17(6-4-15)21-13-23(29-16(2)28-21)30-9-7-25(8-10-30)14-22(31)19-11-18(26)12-20(27)24(19)32-25/h3-6,11-13H,7-10,14H2,1-2H3. The molecule has 0 amide bonds. The number of aromatic nitrogens is 2. The molecule has 0 atom stereocenters. The Balaban J connectivity index is 1.37. The monoisotopic (exact) mass is 467 g/mol. The zero-order chi connectivity index (χ0) is 22.5. The first-order valence-electron chi connectivity index (χ1n) is 10.7. The van der Waals surface area contributed by atoms with E-state index in [1.807, 2.05) is 13.0 Å². The van der Waals surface area contributed by atoms with E-state index >= 15 is 0 Å². The van der Waals surface area contributed by atoms with Crippen molar-refractivity contribution in [2.75, 3.05) is 18.0 Å². The van der Waals surface area contributed by atoms with E-state index < -0.39 is 5.60 Å². The number of Topliss-reactive ketones (excluding diaryl/α,β-unsaturated/α-hetero) is 1. The quantitative estimate of drug-likeness (QED) is 0.457. The van der Waals surface area contributed by atoms with Gasteiger partial charge in [0.2, 0.25) is 0 Å². The van der Waals surface area contributed by atoms with Gasteiger partial charge in [0.1, 0.15) is 23.0 Å². The molecule has 0 saturated carbocycles. The van der Waals surface area contributed by atoms with Crippen molar-refractivity contribution in [3.05, 3.63) is 69.5 Å². The summed E-state index contributed by atoms with van der Waals surface area (Å²) >= 11 is 12.4. The predicted octanol–water partition coefficient (Wildman–Crippen LogP) is 6.07. The van der Waals surface area contributed by atoms with Crippen molar-refractivity contribution in [2.45, 2.75) is 38.7 Å². The minimum absolute atomic E-state index is 0.0311. The molecule has 1 spiro atoms. The Morgan fingerprint density at radius 3 is 2.44 bits per heavy atom. The fraction of sp³-hybridized carbons (Fsp3) is 0.320. The number of ketones is 1. The number of benzene rings is 2. The van der Waals surface area contributed by atoms with Crippen LogP contribution in [0.3, 0.4) is 0 Å². The topological polar surface area (TPSA) is 55.3 Å². The summed E-state index contributed by atoms with van der Waals surface area (Å²) in [7, 11) is 0. The molecule has 32 heavy (non-hydrogen) atoms. The highest BCUT2D eigenvalue weighted by atomic mass is 35.5. The number of halogens is 2. The number of hydrogen-bond donors (Lipinski definition) is 0. The van der Waals surface area contributed by atoms with Gasteiger partial charge in [0.05, 0.1) is 22.7 Å². The summed E-state index contributed by atoms with van der Waals surface area (Å²) in [5.74, 6) is 2.12. The minimum atomic E-state index is -0.542. The van der Waals surface area contributed by atoms with Gasteiger partial charge in [-0.2, -0.15) is 0 Å². The molecule has 0 N–H and O–H groups in total. The van der Waals surface area contributed by atoms with E-state index in [1.54, 1.807) is 12.1 Å². The van der Waals surface area contributed by atoms with Crippen molar-refractivity contribution >= 4 is 34.8 Å². The third-order valence-electron chi connectivity index (χ3n) is 6.28. The lowest BCUT2D eigenvalue weighted by molar-refractivity contribution is 0.0232. The number of hydrogen-bond acceptors (Lipinski definition) is 5. The summed E-state index contributed by atoms with van der Waals surface area (Å²) in [6, 6.07) is 13.6. The first-order chi connectivity index (χ1) is 15.3. The van der Waals surface area contributed by atoms with E-state index in [2.05, 4.69) is 46.1 Å². The van der Waals surface area contributed by atoms with Crippen molar-refractivity contribution in [2.24, 2.45) is 0 Å². The molecule has 3 heterocycles. The maximum absolute atomic E-state index is 12.9. The Kier molecular flexibility index (Phi) is 5.34. The second-order valence-corrected chi connectivity index (χ2v) is 9.50. The Hall–Kier alpha value is -2.63. The number of anilines is 1. The molecule has 5 rings (SSSR count). The molecule has 0 bridgehead atoms. The molecule has 2 aromatic carbocycles. The summed E-state index contributed by atoms with van der Waals surface area (Å²) in [5.41, 5.74) is 3.13. The fourth-order valence-corrected chi connectivity index (χ4v) is 5.05. The van der Waals surface area contributed by atoms with E-state index in [1.165, 1.54) is 5.56 Å². The van der Waals surface area contributed by atoms with Crippen molar-refractivity contribution < 1.29 is 9.53 Å². The maximum atomic E-state index is 12.9. The Morgan fingerprint density at radius 2 is 1.72 bits per heavy atom. The van der Waals surface area contributed by atoms with Crippen LogP contribution < -0.4 is 9.64 Å². The molecule has 7 heteroatoms. The largest absolute Gasteiger partial charge is 0.484 e. The fourth-order valence-electron chi connectivity index (χ4n) is 4.52. The lowest BCUT2D eigenvalue weighted by Gasteiger charge is -2.44. The summed E-state index contributed by atoms with van der Waals surface area (Å²) < 4.78 is 6.36. The highest BCUT2D eigenvalue weighted by Crippen LogP contribution is 2.44. The molecule has 5 nitrogen and oxygen atoms in total. The summed E-state index contributed by atoms with van der Waals surface area (Å²) in [6.45, 7) is 5.46. The normalized spacial score (nSPS) is 17.2. The average Bonchev–Trinajstić information content (AvgIpc) is 2.75. The average molecular weight is 468 g/mol. The number of aryl methyl sites for hydroxylation is 2. The number of carbonyl (C=O) groups is 1. The van der Waals surface area contributed by atoms with Gasteiger partial charge < -0.3 is 9.64 Å². The van der Waals surface area contributed by atoms with Gasteiger partial charge in [-0.3, -0.25) is 4.79 Å². The number of nitrogens with zero attached hydrogens (tertiary/aromatic N) is 3. The van der Waals surface area contributed by atoms with Crippen molar-refractivity contribution in [1.82, 2.24) is 9.97 Å². The highest BCUT2D eigenvalue weighted by molar-refractivity contribution is 6.36. The van der Waals surface area contributed by atoms with Crippen LogP contribution in [0.15, 0.2) is 42.5 Å². The molecule has 0 radical (unpaired) electrons.